The van der Waals surface area contributed by atoms with E-state index in [1.54, 1.807) is 156 Å². The molecule has 712 valence electrons. The van der Waals surface area contributed by atoms with Gasteiger partial charge in [-0.05, 0) is 245 Å². The number of benzene rings is 12. The van der Waals surface area contributed by atoms with E-state index in [0.29, 0.717) is 147 Å². The van der Waals surface area contributed by atoms with Crippen LogP contribution >= 0.6 is 23.2 Å². The lowest BCUT2D eigenvalue weighted by atomic mass is 9.85. The first-order valence-corrected chi connectivity index (χ1v) is 46.6. The van der Waals surface area contributed by atoms with E-state index >= 15 is 0 Å². The lowest BCUT2D eigenvalue weighted by Crippen LogP contribution is -2.16. The van der Waals surface area contributed by atoms with Crippen LogP contribution in [0.15, 0.2) is 253 Å². The fourth-order valence-corrected chi connectivity index (χ4v) is 20.0. The SMILES string of the molecule is COc1ccc2c(=O)c3c(C)cccc3n(CC(=O)O)c2c1.Cc1cc(Cl)c2c(c1)c(=O)c1ccc(C)cc1n2CC(=O)O.Cc1cc(Cl)c2c(c1)c(=O)c1ccccc1n2CC(=O)O.Cc1ccc2c(=O)c3c(F)cccc3n(CC(=O)O)c2c1.O=C(O)Cn1c2ccccc2c(=O)c2cc(C#CC3CCCCC3)ccc21.O=C(O)Cn1c2ccccc2c(=O)c2cc(CCC3CCCCC3)ccc21. The molecule has 0 amide bonds. The number of fused-ring (bicyclic) bond motifs is 12. The number of hydrogen-bond acceptors (Lipinski definition) is 13. The molecule has 0 unspecified atom stereocenters. The molecule has 0 saturated heterocycles. The molecule has 25 nitrogen and oxygen atoms in total. The van der Waals surface area contributed by atoms with Crippen LogP contribution in [0.5, 0.6) is 5.75 Å². The molecular weight excluding hydrogens is 1820 g/mol. The predicted molar refractivity (Wildman–Crippen MR) is 549 cm³/mol. The van der Waals surface area contributed by atoms with E-state index in [4.69, 9.17) is 38.2 Å². The first-order valence-electron chi connectivity index (χ1n) is 45.8. The molecule has 2 aliphatic carbocycles. The number of ether oxygens (including phenoxy) is 1. The van der Waals surface area contributed by atoms with Gasteiger partial charge in [0.2, 0.25) is 0 Å². The fraction of sp³-hybridized carbons (Fsp3) is 0.232. The summed E-state index contributed by atoms with van der Waals surface area (Å²) in [6, 6.07) is 65.0. The van der Waals surface area contributed by atoms with Crippen LogP contribution in [0.4, 0.5) is 4.39 Å². The summed E-state index contributed by atoms with van der Waals surface area (Å²) >= 11 is 12.6. The first kappa shape index (κ1) is 98.7. The van der Waals surface area contributed by atoms with E-state index in [9.17, 15) is 82.4 Å². The zero-order chi connectivity index (χ0) is 99.8. The Morgan fingerprint density at radius 1 is 0.343 bits per heavy atom. The van der Waals surface area contributed by atoms with Crippen molar-refractivity contribution in [3.8, 4) is 17.6 Å². The molecule has 6 heterocycles. The molecule has 2 saturated carbocycles. The van der Waals surface area contributed by atoms with Crippen molar-refractivity contribution in [2.24, 2.45) is 11.8 Å². The lowest BCUT2D eigenvalue weighted by Gasteiger charge is -2.21. The van der Waals surface area contributed by atoms with E-state index < -0.39 is 47.1 Å². The van der Waals surface area contributed by atoms with Gasteiger partial charge in [-0.15, -0.1) is 0 Å². The van der Waals surface area contributed by atoms with E-state index in [1.165, 1.54) is 87.2 Å². The summed E-state index contributed by atoms with van der Waals surface area (Å²) in [5.74, 6) is 1.94. The van der Waals surface area contributed by atoms with Crippen LogP contribution in [0, 0.1) is 64.1 Å². The zero-order valence-electron chi connectivity index (χ0n) is 77.6. The van der Waals surface area contributed by atoms with Gasteiger partial charge in [0.1, 0.15) is 50.8 Å². The third-order valence-corrected chi connectivity index (χ3v) is 26.2. The number of halogens is 3. The van der Waals surface area contributed by atoms with Crippen molar-refractivity contribution in [3.05, 3.63) is 341 Å². The monoisotopic (exact) mass is 1920 g/mol. The summed E-state index contributed by atoms with van der Waals surface area (Å²) in [6.45, 7) is 7.91. The van der Waals surface area contributed by atoms with Crippen LogP contribution in [0.1, 0.15) is 110 Å². The van der Waals surface area contributed by atoms with Crippen molar-refractivity contribution in [2.75, 3.05) is 7.11 Å². The summed E-state index contributed by atoms with van der Waals surface area (Å²) < 4.78 is 28.9. The molecule has 18 aromatic rings. The number of carboxylic acid groups (broad SMARTS) is 6. The molecule has 0 atom stereocenters. The van der Waals surface area contributed by atoms with Gasteiger partial charge in [-0.1, -0.05) is 159 Å². The van der Waals surface area contributed by atoms with Gasteiger partial charge in [0.05, 0.1) is 88.7 Å². The number of hydrogen-bond donors (Lipinski definition) is 6. The Balaban J connectivity index is 0.000000127. The average Bonchev–Trinajstić information content (AvgIpc) is 1.58. The zero-order valence-corrected chi connectivity index (χ0v) is 79.1. The van der Waals surface area contributed by atoms with Gasteiger partial charge in [0.25, 0.3) is 0 Å². The van der Waals surface area contributed by atoms with Crippen molar-refractivity contribution < 1.29 is 68.5 Å². The molecule has 28 heteroatoms. The number of aryl methyl sites for hydroxylation is 6. The summed E-state index contributed by atoms with van der Waals surface area (Å²) in [5, 5.41) is 61.6. The van der Waals surface area contributed by atoms with Crippen molar-refractivity contribution in [2.45, 2.75) is 151 Å². The van der Waals surface area contributed by atoms with Crippen LogP contribution in [-0.2, 0) is 74.5 Å². The Labute approximate surface area is 808 Å². The minimum absolute atomic E-state index is 0.0123. The number of rotatable bonds is 16. The van der Waals surface area contributed by atoms with Gasteiger partial charge in [-0.3, -0.25) is 57.5 Å². The molecule has 12 aromatic carbocycles. The van der Waals surface area contributed by atoms with Crippen molar-refractivity contribution >= 4 is 190 Å². The number of pyridine rings is 6. The van der Waals surface area contributed by atoms with Crippen LogP contribution in [0.25, 0.3) is 131 Å². The Hall–Kier alpha value is -15.9. The lowest BCUT2D eigenvalue weighted by molar-refractivity contribution is -0.138. The van der Waals surface area contributed by atoms with Crippen LogP contribution in [-0.4, -0.2) is 101 Å². The van der Waals surface area contributed by atoms with E-state index in [2.05, 4.69) is 17.9 Å². The second-order valence-corrected chi connectivity index (χ2v) is 36.3. The first-order chi connectivity index (χ1) is 67.1. The molecule has 6 N–H and O–H groups in total. The molecule has 2 aliphatic rings. The third-order valence-electron chi connectivity index (χ3n) is 25.6. The van der Waals surface area contributed by atoms with E-state index in [1.807, 2.05) is 107 Å². The standard InChI is InChI=1S/C23H25NO3.C23H21NO3.C17H14ClNO3.C17H15NO4.C16H12ClNO3.C16H12FNO3/c2*25-22(26)15-24-20-9-5-4-8-18(20)23(27)19-14-17(12-13-21(19)24)11-10-16-6-2-1-3-7-16;1-9-3-4-11-14(7-9)19(8-15(20)21)16-12(17(11)22)5-10(2)6-13(16)18;1-10-4-3-5-13-16(10)17(21)12-7-6-11(22-2)8-14(12)18(13)9-15(19)20;1-9-6-11-15(12(17)7-9)18(8-14(19)20)13-5-3-2-4-10(13)16(11)21;1-9-5-6-10-13(7-9)18(8-14(19)20)12-4-2-3-11(17)15(12)16(10)21/h4-5,8-9,12-14,16H,1-3,6-7,10-11,15H2,(H,25,26);4-5,8-9,12-14,16H,1-3,6-7,15H2,(H,25,26);3-7H,8H2,1-2H3,(H,20,21);3-8H,9H2,1-2H3,(H,19,20);2*2-7H,8H2,1H3,(H,19,20). The topological polar surface area (TPSA) is 365 Å². The normalized spacial score (nSPS) is 12.7. The summed E-state index contributed by atoms with van der Waals surface area (Å²) in [4.78, 5) is 144. The number of aliphatic carboxylic acids is 6. The summed E-state index contributed by atoms with van der Waals surface area (Å²) in [5.41, 5.74) is 12.2. The number of carboxylic acids is 6. The highest BCUT2D eigenvalue weighted by molar-refractivity contribution is 6.36. The third kappa shape index (κ3) is 21.3. The molecule has 0 radical (unpaired) electrons. The maximum absolute atomic E-state index is 14.0. The average molecular weight is 1920 g/mol. The number of nitrogens with zero attached hydrogens (tertiary/aromatic N) is 6. The minimum atomic E-state index is -1.05. The predicted octanol–water partition coefficient (Wildman–Crippen LogP) is 20.9. The van der Waals surface area contributed by atoms with Gasteiger partial charge in [0.15, 0.2) is 32.6 Å². The van der Waals surface area contributed by atoms with Gasteiger partial charge in [-0.2, -0.15) is 0 Å². The Kier molecular flexibility index (Phi) is 30.2. The van der Waals surface area contributed by atoms with Gasteiger partial charge >= 0.3 is 35.8 Å². The highest BCUT2D eigenvalue weighted by atomic mass is 35.5. The quantitative estimate of drug-likeness (QED) is 0.0386. The second-order valence-electron chi connectivity index (χ2n) is 35.4. The summed E-state index contributed by atoms with van der Waals surface area (Å²) in [6.07, 6.45) is 14.9. The Bertz CT molecular complexity index is 8580. The second kappa shape index (κ2) is 42.8. The largest absolute Gasteiger partial charge is 0.497 e. The molecular formula is C112H99Cl2FN6O19. The van der Waals surface area contributed by atoms with Crippen molar-refractivity contribution in [1.82, 2.24) is 27.4 Å². The van der Waals surface area contributed by atoms with Crippen molar-refractivity contribution in [1.29, 1.82) is 0 Å². The highest BCUT2D eigenvalue weighted by Gasteiger charge is 2.24. The van der Waals surface area contributed by atoms with E-state index in [0.717, 1.165) is 58.6 Å². The molecule has 20 rings (SSSR count). The number of methoxy groups -OCH3 is 1. The van der Waals surface area contributed by atoms with Crippen LogP contribution < -0.4 is 37.3 Å². The van der Waals surface area contributed by atoms with Gasteiger partial charge in [0, 0.05) is 76.8 Å². The van der Waals surface area contributed by atoms with Crippen molar-refractivity contribution in [3.63, 3.8) is 0 Å². The maximum Gasteiger partial charge on any atom is 0.323 e. The van der Waals surface area contributed by atoms with E-state index in [-0.39, 0.29) is 71.8 Å². The van der Waals surface area contributed by atoms with Gasteiger partial charge < -0.3 is 62.8 Å². The maximum atomic E-state index is 14.0. The Morgan fingerprint density at radius 3 is 1.21 bits per heavy atom. The minimum Gasteiger partial charge on any atom is -0.497 e. The highest BCUT2D eigenvalue weighted by Crippen LogP contribution is 2.35. The molecule has 6 aromatic heterocycles. The molecule has 0 spiro atoms. The number of para-hydroxylation sites is 3. The fourth-order valence-electron chi connectivity index (χ4n) is 19.3. The molecule has 0 aliphatic heterocycles. The molecule has 0 bridgehead atoms. The van der Waals surface area contributed by atoms with Crippen LogP contribution in [0.3, 0.4) is 0 Å². The summed E-state index contributed by atoms with van der Waals surface area (Å²) in [7, 11) is 1.53. The Morgan fingerprint density at radius 2 is 0.714 bits per heavy atom. The van der Waals surface area contributed by atoms with Gasteiger partial charge in [-0.25, -0.2) is 4.39 Å². The smallest absolute Gasteiger partial charge is 0.323 e. The number of aromatic nitrogens is 6. The molecule has 2 fully saturated rings. The van der Waals surface area contributed by atoms with Crippen LogP contribution in [0.2, 0.25) is 10.0 Å². The number of carbonyl (C=O) groups is 6. The molecule has 140 heavy (non-hydrogen) atoms.